The maximum Gasteiger partial charge on any atom is 0.331 e. The lowest BCUT2D eigenvalue weighted by molar-refractivity contribution is -0.142. The van der Waals surface area contributed by atoms with Gasteiger partial charge >= 0.3 is 5.97 Å². The van der Waals surface area contributed by atoms with Gasteiger partial charge in [-0.3, -0.25) is 4.79 Å². The molecule has 6 nitrogen and oxygen atoms in total. The quantitative estimate of drug-likeness (QED) is 0.615. The van der Waals surface area contributed by atoms with Crippen molar-refractivity contribution < 1.29 is 23.8 Å². The predicted octanol–water partition coefficient (Wildman–Crippen LogP) is 3.92. The number of nitrogens with one attached hydrogen (secondary N) is 1. The summed E-state index contributed by atoms with van der Waals surface area (Å²) in [5.74, 6) is 0.130. The van der Waals surface area contributed by atoms with Gasteiger partial charge in [0.2, 0.25) is 6.79 Å². The highest BCUT2D eigenvalue weighted by Crippen LogP contribution is 2.32. The fourth-order valence-corrected chi connectivity index (χ4v) is 2.43. The Hall–Kier alpha value is -2.70. The Morgan fingerprint density at radius 1 is 1.08 bits per heavy atom. The molecule has 2 aromatic carbocycles. The average Bonchev–Trinajstić information content (AvgIpc) is 3.09. The molecule has 0 saturated heterocycles. The molecule has 0 radical (unpaired) electrons. The van der Waals surface area contributed by atoms with Crippen LogP contribution >= 0.6 is 23.2 Å². The van der Waals surface area contributed by atoms with Crippen LogP contribution in [0.1, 0.15) is 5.56 Å². The van der Waals surface area contributed by atoms with Gasteiger partial charge in [-0.05, 0) is 42.0 Å². The first-order valence-electron chi connectivity index (χ1n) is 7.50. The summed E-state index contributed by atoms with van der Waals surface area (Å²) < 4.78 is 15.4. The Bertz CT molecular complexity index is 882. The van der Waals surface area contributed by atoms with E-state index < -0.39 is 18.5 Å². The predicted molar refractivity (Wildman–Crippen MR) is 97.6 cm³/mol. The zero-order valence-electron chi connectivity index (χ0n) is 13.3. The third-order valence-corrected chi connectivity index (χ3v) is 4.10. The van der Waals surface area contributed by atoms with Crippen LogP contribution in [0.5, 0.6) is 11.5 Å². The number of esters is 1. The summed E-state index contributed by atoms with van der Waals surface area (Å²) in [6, 6.07) is 9.91. The number of anilines is 1. The van der Waals surface area contributed by atoms with Gasteiger partial charge in [0.05, 0.1) is 10.0 Å². The maximum absolute atomic E-state index is 11.8. The molecule has 134 valence electrons. The van der Waals surface area contributed by atoms with Gasteiger partial charge in [-0.1, -0.05) is 29.3 Å². The summed E-state index contributed by atoms with van der Waals surface area (Å²) in [4.78, 5) is 23.5. The minimum absolute atomic E-state index is 0.179. The van der Waals surface area contributed by atoms with Gasteiger partial charge in [0.1, 0.15) is 0 Å². The van der Waals surface area contributed by atoms with E-state index in [1.165, 1.54) is 12.1 Å². The van der Waals surface area contributed by atoms with E-state index in [1.54, 1.807) is 36.4 Å². The fourth-order valence-electron chi connectivity index (χ4n) is 2.14. The summed E-state index contributed by atoms with van der Waals surface area (Å²) >= 11 is 11.7. The molecule has 0 aliphatic carbocycles. The normalized spacial score (nSPS) is 12.2. The lowest BCUT2D eigenvalue weighted by Crippen LogP contribution is -2.20. The van der Waals surface area contributed by atoms with Gasteiger partial charge in [0.15, 0.2) is 18.1 Å². The first-order valence-corrected chi connectivity index (χ1v) is 8.26. The zero-order valence-corrected chi connectivity index (χ0v) is 14.8. The Morgan fingerprint density at radius 2 is 1.88 bits per heavy atom. The van der Waals surface area contributed by atoms with Crippen molar-refractivity contribution >= 4 is 46.8 Å². The molecular weight excluding hydrogens is 381 g/mol. The van der Waals surface area contributed by atoms with E-state index >= 15 is 0 Å². The molecule has 0 unspecified atom stereocenters. The lowest BCUT2D eigenvalue weighted by Gasteiger charge is -2.06. The molecule has 1 amide bonds. The van der Waals surface area contributed by atoms with Gasteiger partial charge < -0.3 is 19.5 Å². The van der Waals surface area contributed by atoms with Crippen molar-refractivity contribution in [2.24, 2.45) is 0 Å². The van der Waals surface area contributed by atoms with Gasteiger partial charge in [-0.25, -0.2) is 4.79 Å². The Morgan fingerprint density at radius 3 is 2.69 bits per heavy atom. The summed E-state index contributed by atoms with van der Waals surface area (Å²) in [6.07, 6.45) is 2.78. The molecule has 3 rings (SSSR count). The van der Waals surface area contributed by atoms with Crippen LogP contribution < -0.4 is 14.8 Å². The van der Waals surface area contributed by atoms with E-state index in [9.17, 15) is 9.59 Å². The van der Waals surface area contributed by atoms with E-state index in [-0.39, 0.29) is 6.79 Å². The Kier molecular flexibility index (Phi) is 5.65. The molecule has 1 heterocycles. The first-order chi connectivity index (χ1) is 12.5. The second kappa shape index (κ2) is 8.12. The number of rotatable bonds is 5. The smallest absolute Gasteiger partial charge is 0.331 e. The summed E-state index contributed by atoms with van der Waals surface area (Å²) in [6.45, 7) is -0.247. The highest BCUT2D eigenvalue weighted by molar-refractivity contribution is 6.42. The molecule has 0 spiro atoms. The van der Waals surface area contributed by atoms with Crippen LogP contribution in [-0.4, -0.2) is 25.3 Å². The average molecular weight is 394 g/mol. The third-order valence-electron chi connectivity index (χ3n) is 3.36. The molecule has 0 fully saturated rings. The topological polar surface area (TPSA) is 73.9 Å². The van der Waals surface area contributed by atoms with E-state index in [0.717, 1.165) is 5.56 Å². The van der Waals surface area contributed by atoms with E-state index in [2.05, 4.69) is 5.32 Å². The van der Waals surface area contributed by atoms with Crippen molar-refractivity contribution in [3.63, 3.8) is 0 Å². The molecule has 0 atom stereocenters. The SMILES string of the molecule is O=C(COC(=O)C=Cc1ccc2c(c1)OCO2)Nc1ccc(Cl)c(Cl)c1. The molecule has 26 heavy (non-hydrogen) atoms. The van der Waals surface area contributed by atoms with Crippen LogP contribution in [0.2, 0.25) is 10.0 Å². The highest BCUT2D eigenvalue weighted by atomic mass is 35.5. The molecule has 8 heteroatoms. The minimum atomic E-state index is -0.646. The molecule has 1 N–H and O–H groups in total. The summed E-state index contributed by atoms with van der Waals surface area (Å²) in [5, 5.41) is 3.25. The van der Waals surface area contributed by atoms with Gasteiger partial charge in [0.25, 0.3) is 5.91 Å². The van der Waals surface area contributed by atoms with E-state index in [1.807, 2.05) is 0 Å². The van der Waals surface area contributed by atoms with Crippen molar-refractivity contribution in [2.75, 3.05) is 18.7 Å². The Labute approximate surface area is 159 Å². The summed E-state index contributed by atoms with van der Waals surface area (Å²) in [7, 11) is 0. The number of carbonyl (C=O) groups is 2. The van der Waals surface area contributed by atoms with Crippen LogP contribution in [0.3, 0.4) is 0 Å². The largest absolute Gasteiger partial charge is 0.454 e. The number of hydrogen-bond acceptors (Lipinski definition) is 5. The second-order valence-corrected chi connectivity index (χ2v) is 6.05. The summed E-state index contributed by atoms with van der Waals surface area (Å²) in [5.41, 5.74) is 1.20. The van der Waals surface area contributed by atoms with Crippen LogP contribution in [0.25, 0.3) is 6.08 Å². The molecule has 2 aromatic rings. The van der Waals surface area contributed by atoms with E-state index in [4.69, 9.17) is 37.4 Å². The van der Waals surface area contributed by atoms with Gasteiger partial charge in [-0.15, -0.1) is 0 Å². The van der Waals surface area contributed by atoms with E-state index in [0.29, 0.717) is 27.2 Å². The van der Waals surface area contributed by atoms with Crippen LogP contribution in [0.15, 0.2) is 42.5 Å². The number of ether oxygens (including phenoxy) is 3. The molecule has 0 saturated carbocycles. The molecular formula is C18H13Cl2NO5. The Balaban J connectivity index is 1.48. The molecule has 1 aliphatic heterocycles. The van der Waals surface area contributed by atoms with Crippen molar-refractivity contribution in [3.8, 4) is 11.5 Å². The number of hydrogen-bond donors (Lipinski definition) is 1. The van der Waals surface area contributed by atoms with Crippen molar-refractivity contribution in [1.82, 2.24) is 0 Å². The first kappa shape index (κ1) is 18.1. The standard InChI is InChI=1S/C18H13Cl2NO5/c19-13-4-3-12(8-14(13)20)21-17(22)9-24-18(23)6-2-11-1-5-15-16(7-11)26-10-25-15/h1-8H,9-10H2,(H,21,22). The number of carbonyl (C=O) groups excluding carboxylic acids is 2. The number of fused-ring (bicyclic) bond motifs is 1. The maximum atomic E-state index is 11.8. The van der Waals surface area contributed by atoms with Crippen LogP contribution in [-0.2, 0) is 14.3 Å². The molecule has 1 aliphatic rings. The van der Waals surface area contributed by atoms with Crippen LogP contribution in [0, 0.1) is 0 Å². The molecule has 0 aromatic heterocycles. The van der Waals surface area contributed by atoms with Crippen LogP contribution in [0.4, 0.5) is 5.69 Å². The molecule has 0 bridgehead atoms. The number of amides is 1. The number of benzene rings is 2. The van der Waals surface area contributed by atoms with Gasteiger partial charge in [0, 0.05) is 11.8 Å². The van der Waals surface area contributed by atoms with Crippen molar-refractivity contribution in [3.05, 3.63) is 58.1 Å². The van der Waals surface area contributed by atoms with Gasteiger partial charge in [-0.2, -0.15) is 0 Å². The zero-order chi connectivity index (χ0) is 18.5. The fraction of sp³-hybridized carbons (Fsp3) is 0.111. The van der Waals surface area contributed by atoms with Crippen molar-refractivity contribution in [1.29, 1.82) is 0 Å². The van der Waals surface area contributed by atoms with Crippen molar-refractivity contribution in [2.45, 2.75) is 0 Å². The number of halogens is 2. The minimum Gasteiger partial charge on any atom is -0.454 e. The monoisotopic (exact) mass is 393 g/mol. The highest BCUT2D eigenvalue weighted by Gasteiger charge is 2.12. The second-order valence-electron chi connectivity index (χ2n) is 5.23. The lowest BCUT2D eigenvalue weighted by atomic mass is 10.2. The third kappa shape index (κ3) is 4.68.